The predicted molar refractivity (Wildman–Crippen MR) is 74.5 cm³/mol. The quantitative estimate of drug-likeness (QED) is 0.833. The molecule has 0 aliphatic carbocycles. The van der Waals surface area contributed by atoms with Gasteiger partial charge in [-0.2, -0.15) is 5.26 Å². The van der Waals surface area contributed by atoms with Gasteiger partial charge < -0.3 is 0 Å². The van der Waals surface area contributed by atoms with E-state index >= 15 is 0 Å². The van der Waals surface area contributed by atoms with Crippen LogP contribution in [0.5, 0.6) is 0 Å². The largest absolute Gasteiger partial charge is 0.241 e. The molecule has 20 heavy (non-hydrogen) atoms. The summed E-state index contributed by atoms with van der Waals surface area (Å²) >= 11 is 0. The first-order valence-corrected chi connectivity index (χ1v) is 6.70. The SMILES string of the molecule is CCCC(Cc1ncccn1)c1ccc(C#N)c(F)c1. The van der Waals surface area contributed by atoms with Gasteiger partial charge in [-0.3, -0.25) is 0 Å². The maximum Gasteiger partial charge on any atom is 0.141 e. The molecule has 2 aromatic rings. The molecule has 4 heteroatoms. The lowest BCUT2D eigenvalue weighted by atomic mass is 9.90. The second-order valence-corrected chi connectivity index (χ2v) is 4.71. The molecular weight excluding hydrogens is 253 g/mol. The fraction of sp³-hybridized carbons (Fsp3) is 0.312. The van der Waals surface area contributed by atoms with Gasteiger partial charge in [0.1, 0.15) is 17.7 Å². The first-order valence-electron chi connectivity index (χ1n) is 6.70. The van der Waals surface area contributed by atoms with Crippen LogP contribution in [0.1, 0.15) is 42.6 Å². The van der Waals surface area contributed by atoms with E-state index in [1.165, 1.54) is 6.07 Å². The number of hydrogen-bond acceptors (Lipinski definition) is 3. The zero-order valence-electron chi connectivity index (χ0n) is 11.4. The number of benzene rings is 1. The molecule has 0 aliphatic rings. The lowest BCUT2D eigenvalue weighted by Crippen LogP contribution is -2.06. The monoisotopic (exact) mass is 269 g/mol. The Balaban J connectivity index is 2.24. The molecule has 1 unspecified atom stereocenters. The Morgan fingerprint density at radius 1 is 1.30 bits per heavy atom. The van der Waals surface area contributed by atoms with E-state index in [4.69, 9.17) is 5.26 Å². The van der Waals surface area contributed by atoms with E-state index < -0.39 is 5.82 Å². The van der Waals surface area contributed by atoms with Crippen molar-refractivity contribution in [1.29, 1.82) is 5.26 Å². The molecule has 0 fully saturated rings. The van der Waals surface area contributed by atoms with Crippen molar-refractivity contribution in [2.75, 3.05) is 0 Å². The van der Waals surface area contributed by atoms with Crippen LogP contribution >= 0.6 is 0 Å². The summed E-state index contributed by atoms with van der Waals surface area (Å²) in [6, 6.07) is 8.45. The number of nitrogens with zero attached hydrogens (tertiary/aromatic N) is 3. The highest BCUT2D eigenvalue weighted by molar-refractivity contribution is 5.35. The molecule has 102 valence electrons. The molecule has 2 rings (SSSR count). The van der Waals surface area contributed by atoms with Crippen molar-refractivity contribution in [3.8, 4) is 6.07 Å². The summed E-state index contributed by atoms with van der Waals surface area (Å²) in [6.45, 7) is 2.10. The Bertz CT molecular complexity index is 605. The highest BCUT2D eigenvalue weighted by Gasteiger charge is 2.15. The summed E-state index contributed by atoms with van der Waals surface area (Å²) in [5.41, 5.74) is 0.982. The van der Waals surface area contributed by atoms with Crippen LogP contribution in [0.3, 0.4) is 0 Å². The van der Waals surface area contributed by atoms with Crippen LogP contribution in [0.2, 0.25) is 0 Å². The van der Waals surface area contributed by atoms with Gasteiger partial charge in [0.25, 0.3) is 0 Å². The molecule has 1 atom stereocenters. The molecule has 1 aromatic heterocycles. The molecule has 0 radical (unpaired) electrons. The summed E-state index contributed by atoms with van der Waals surface area (Å²) in [5.74, 6) is 0.473. The van der Waals surface area contributed by atoms with Crippen molar-refractivity contribution in [1.82, 2.24) is 9.97 Å². The third-order valence-corrected chi connectivity index (χ3v) is 3.27. The van der Waals surface area contributed by atoms with Crippen LogP contribution < -0.4 is 0 Å². The second-order valence-electron chi connectivity index (χ2n) is 4.71. The standard InChI is InChI=1S/C16H16FN3/c1-2-4-12(10-16-19-7-3-8-20-16)13-5-6-14(11-18)15(17)9-13/h3,5-9,12H,2,4,10H2,1H3. The number of aromatic nitrogens is 2. The summed E-state index contributed by atoms with van der Waals surface area (Å²) < 4.78 is 13.7. The zero-order chi connectivity index (χ0) is 14.4. The minimum atomic E-state index is -0.458. The second kappa shape index (κ2) is 6.76. The smallest absolute Gasteiger partial charge is 0.141 e. The maximum atomic E-state index is 13.7. The minimum Gasteiger partial charge on any atom is -0.241 e. The molecule has 0 amide bonds. The first-order chi connectivity index (χ1) is 9.74. The van der Waals surface area contributed by atoms with Gasteiger partial charge in [-0.15, -0.1) is 0 Å². The van der Waals surface area contributed by atoms with Crippen LogP contribution in [-0.4, -0.2) is 9.97 Å². The average molecular weight is 269 g/mol. The average Bonchev–Trinajstić information content (AvgIpc) is 2.48. The molecule has 0 saturated carbocycles. The Morgan fingerprint density at radius 2 is 2.05 bits per heavy atom. The Labute approximate surface area is 118 Å². The molecule has 0 bridgehead atoms. The summed E-state index contributed by atoms with van der Waals surface area (Å²) in [7, 11) is 0. The van der Waals surface area contributed by atoms with Gasteiger partial charge in [-0.05, 0) is 36.1 Å². The van der Waals surface area contributed by atoms with Crippen molar-refractivity contribution in [2.45, 2.75) is 32.1 Å². The van der Waals surface area contributed by atoms with Crippen LogP contribution in [0.25, 0.3) is 0 Å². The fourth-order valence-corrected chi connectivity index (χ4v) is 2.27. The van der Waals surface area contributed by atoms with Crippen molar-refractivity contribution in [3.63, 3.8) is 0 Å². The van der Waals surface area contributed by atoms with Crippen LogP contribution in [0, 0.1) is 17.1 Å². The lowest BCUT2D eigenvalue weighted by molar-refractivity contribution is 0.578. The van der Waals surface area contributed by atoms with Crippen LogP contribution in [0.15, 0.2) is 36.7 Å². The van der Waals surface area contributed by atoms with Crippen LogP contribution in [-0.2, 0) is 6.42 Å². The van der Waals surface area contributed by atoms with E-state index in [0.717, 1.165) is 24.2 Å². The molecule has 3 nitrogen and oxygen atoms in total. The number of rotatable bonds is 5. The van der Waals surface area contributed by atoms with Gasteiger partial charge in [0.15, 0.2) is 0 Å². The van der Waals surface area contributed by atoms with Gasteiger partial charge >= 0.3 is 0 Å². The van der Waals surface area contributed by atoms with E-state index in [2.05, 4.69) is 16.9 Å². The van der Waals surface area contributed by atoms with Gasteiger partial charge in [-0.1, -0.05) is 19.4 Å². The minimum absolute atomic E-state index is 0.0833. The summed E-state index contributed by atoms with van der Waals surface area (Å²) in [6.07, 6.45) is 6.04. The fourth-order valence-electron chi connectivity index (χ4n) is 2.27. The Kier molecular flexibility index (Phi) is 4.78. The van der Waals surface area contributed by atoms with Crippen molar-refractivity contribution >= 4 is 0 Å². The number of halogens is 1. The third kappa shape index (κ3) is 3.39. The predicted octanol–water partition coefficient (Wildman–Crippen LogP) is 3.61. The summed E-state index contributed by atoms with van der Waals surface area (Å²) in [5, 5.41) is 8.78. The Morgan fingerprint density at radius 3 is 2.65 bits per heavy atom. The van der Waals surface area contributed by atoms with Gasteiger partial charge in [-0.25, -0.2) is 14.4 Å². The number of hydrogen-bond donors (Lipinski definition) is 0. The van der Waals surface area contributed by atoms with Gasteiger partial charge in [0, 0.05) is 18.8 Å². The molecule has 1 aromatic carbocycles. The molecule has 0 spiro atoms. The topological polar surface area (TPSA) is 49.6 Å². The highest BCUT2D eigenvalue weighted by atomic mass is 19.1. The normalized spacial score (nSPS) is 11.8. The highest BCUT2D eigenvalue weighted by Crippen LogP contribution is 2.26. The van der Waals surface area contributed by atoms with E-state index in [0.29, 0.717) is 6.42 Å². The van der Waals surface area contributed by atoms with Crippen molar-refractivity contribution < 1.29 is 4.39 Å². The maximum absolute atomic E-state index is 13.7. The van der Waals surface area contributed by atoms with E-state index in [9.17, 15) is 4.39 Å². The first kappa shape index (κ1) is 14.1. The van der Waals surface area contributed by atoms with Crippen LogP contribution in [0.4, 0.5) is 4.39 Å². The Hall–Kier alpha value is -2.28. The molecular formula is C16H16FN3. The molecule has 0 aliphatic heterocycles. The van der Waals surface area contributed by atoms with Gasteiger partial charge in [0.2, 0.25) is 0 Å². The van der Waals surface area contributed by atoms with Gasteiger partial charge in [0.05, 0.1) is 5.56 Å². The lowest BCUT2D eigenvalue weighted by Gasteiger charge is -2.16. The zero-order valence-corrected chi connectivity index (χ0v) is 11.4. The number of nitriles is 1. The van der Waals surface area contributed by atoms with E-state index in [1.807, 2.05) is 12.1 Å². The third-order valence-electron chi connectivity index (χ3n) is 3.27. The molecule has 0 N–H and O–H groups in total. The van der Waals surface area contributed by atoms with Crippen molar-refractivity contribution in [2.24, 2.45) is 0 Å². The summed E-state index contributed by atoms with van der Waals surface area (Å²) in [4.78, 5) is 8.45. The van der Waals surface area contributed by atoms with E-state index in [1.54, 1.807) is 24.5 Å². The van der Waals surface area contributed by atoms with Crippen molar-refractivity contribution in [3.05, 3.63) is 59.4 Å². The van der Waals surface area contributed by atoms with E-state index in [-0.39, 0.29) is 11.5 Å². The molecule has 1 heterocycles. The molecule has 0 saturated heterocycles.